The molecule has 7 nitrogen and oxygen atoms in total. The van der Waals surface area contributed by atoms with Crippen molar-refractivity contribution in [2.45, 2.75) is 38.5 Å². The number of amides is 1. The number of carboxylic acids is 1. The van der Waals surface area contributed by atoms with E-state index in [9.17, 15) is 19.5 Å². The Labute approximate surface area is 200 Å². The molecule has 2 aromatic heterocycles. The minimum absolute atomic E-state index is 0.0166. The third-order valence-corrected chi connectivity index (χ3v) is 6.91. The predicted molar refractivity (Wildman–Crippen MR) is 132 cm³/mol. The second kappa shape index (κ2) is 10.2. The quantitative estimate of drug-likeness (QED) is 0.338. The van der Waals surface area contributed by atoms with E-state index >= 15 is 0 Å². The summed E-state index contributed by atoms with van der Waals surface area (Å²) in [7, 11) is 0. The van der Waals surface area contributed by atoms with E-state index in [0.717, 1.165) is 27.5 Å². The lowest BCUT2D eigenvalue weighted by Crippen LogP contribution is -2.42. The molecular weight excluding hydrogens is 454 g/mol. The van der Waals surface area contributed by atoms with Crippen LogP contribution in [0.4, 0.5) is 0 Å². The average molecular weight is 480 g/mol. The zero-order chi connectivity index (χ0) is 24.2. The highest BCUT2D eigenvalue weighted by molar-refractivity contribution is 7.98. The summed E-state index contributed by atoms with van der Waals surface area (Å²) in [5.41, 5.74) is 3.79. The summed E-state index contributed by atoms with van der Waals surface area (Å²) < 4.78 is 11.0. The fraction of sp³-hybridized carbons (Fsp3) is 0.269. The number of carbonyl (C=O) groups is 2. The zero-order valence-corrected chi connectivity index (χ0v) is 19.7. The molecule has 176 valence electrons. The smallest absolute Gasteiger partial charge is 0.339 e. The Bertz CT molecular complexity index is 1410. The molecule has 1 atom stereocenters. The molecule has 0 aliphatic rings. The van der Waals surface area contributed by atoms with Gasteiger partial charge in [0.1, 0.15) is 17.2 Å². The molecule has 0 radical (unpaired) electrons. The van der Waals surface area contributed by atoms with Gasteiger partial charge in [-0.15, -0.1) is 0 Å². The Morgan fingerprint density at radius 2 is 1.85 bits per heavy atom. The van der Waals surface area contributed by atoms with Gasteiger partial charge in [-0.25, -0.2) is 9.59 Å². The largest absolute Gasteiger partial charge is 0.480 e. The molecular formula is C26H25NO6S. The molecule has 34 heavy (non-hydrogen) atoms. The van der Waals surface area contributed by atoms with Gasteiger partial charge in [0.2, 0.25) is 5.91 Å². The number of furan rings is 1. The lowest BCUT2D eigenvalue weighted by atomic mass is 10.0. The van der Waals surface area contributed by atoms with E-state index in [1.807, 2.05) is 50.2 Å². The minimum Gasteiger partial charge on any atom is -0.480 e. The van der Waals surface area contributed by atoms with E-state index < -0.39 is 23.5 Å². The maximum absolute atomic E-state index is 12.6. The number of benzene rings is 2. The molecule has 4 rings (SSSR count). The second-order valence-electron chi connectivity index (χ2n) is 8.22. The first kappa shape index (κ1) is 23.6. The number of aliphatic carboxylic acids is 1. The van der Waals surface area contributed by atoms with Crippen LogP contribution in [0.1, 0.15) is 28.7 Å². The number of hydrogen-bond donors (Lipinski definition) is 2. The van der Waals surface area contributed by atoms with Crippen molar-refractivity contribution in [1.82, 2.24) is 5.32 Å². The topological polar surface area (TPSA) is 110 Å². The highest BCUT2D eigenvalue weighted by Gasteiger charge is 2.21. The fourth-order valence-corrected chi connectivity index (χ4v) is 4.88. The predicted octanol–water partition coefficient (Wildman–Crippen LogP) is 4.59. The van der Waals surface area contributed by atoms with Gasteiger partial charge in [0.15, 0.2) is 0 Å². The number of fused-ring (bicyclic) bond motifs is 2. The molecule has 1 amide bonds. The van der Waals surface area contributed by atoms with Crippen LogP contribution in [0.3, 0.4) is 0 Å². The molecule has 0 spiro atoms. The van der Waals surface area contributed by atoms with E-state index in [2.05, 4.69) is 5.32 Å². The lowest BCUT2D eigenvalue weighted by molar-refractivity contribution is -0.141. The van der Waals surface area contributed by atoms with Crippen LogP contribution in [0, 0.1) is 13.8 Å². The number of rotatable bonds is 9. The number of nitrogens with one attached hydrogen (secondary N) is 1. The molecule has 0 aliphatic heterocycles. The SMILES string of the molecule is Cc1coc2cc3oc(=O)c(CCC(=O)NC(CSCc4ccccc4)C(=O)O)c(C)c3cc12. The van der Waals surface area contributed by atoms with Crippen LogP contribution >= 0.6 is 11.8 Å². The second-order valence-corrected chi connectivity index (χ2v) is 9.25. The summed E-state index contributed by atoms with van der Waals surface area (Å²) in [4.78, 5) is 36.7. The molecule has 0 bridgehead atoms. The molecule has 1 unspecified atom stereocenters. The van der Waals surface area contributed by atoms with Crippen molar-refractivity contribution >= 4 is 45.6 Å². The van der Waals surface area contributed by atoms with Crippen LogP contribution in [-0.2, 0) is 21.8 Å². The van der Waals surface area contributed by atoms with Gasteiger partial charge in [-0.05, 0) is 43.0 Å². The average Bonchev–Trinajstić information content (AvgIpc) is 3.17. The van der Waals surface area contributed by atoms with Crippen molar-refractivity contribution in [3.8, 4) is 0 Å². The Morgan fingerprint density at radius 1 is 1.09 bits per heavy atom. The van der Waals surface area contributed by atoms with E-state index in [1.54, 1.807) is 12.3 Å². The lowest BCUT2D eigenvalue weighted by Gasteiger charge is -2.14. The number of carbonyl (C=O) groups excluding carboxylic acids is 1. The standard InChI is InChI=1S/C26H25NO6S/c1-15-12-32-22-11-23-20(10-19(15)22)16(2)18(26(31)33-23)8-9-24(28)27-21(25(29)30)14-34-13-17-6-4-3-5-7-17/h3-7,10-12,21H,8-9,13-14H2,1-2H3,(H,27,28)(H,29,30). The maximum atomic E-state index is 12.6. The molecule has 8 heteroatoms. The van der Waals surface area contributed by atoms with Gasteiger partial charge in [0.25, 0.3) is 0 Å². The monoisotopic (exact) mass is 479 g/mol. The fourth-order valence-electron chi connectivity index (χ4n) is 3.87. The molecule has 0 saturated heterocycles. The number of thioether (sulfide) groups is 1. The normalized spacial score (nSPS) is 12.2. The van der Waals surface area contributed by atoms with Gasteiger partial charge in [-0.1, -0.05) is 30.3 Å². The van der Waals surface area contributed by atoms with Crippen molar-refractivity contribution in [1.29, 1.82) is 0 Å². The van der Waals surface area contributed by atoms with E-state index in [0.29, 0.717) is 22.5 Å². The summed E-state index contributed by atoms with van der Waals surface area (Å²) in [5, 5.41) is 13.8. The first-order chi connectivity index (χ1) is 16.3. The first-order valence-corrected chi connectivity index (χ1v) is 12.1. The van der Waals surface area contributed by atoms with Crippen molar-refractivity contribution in [3.63, 3.8) is 0 Å². The van der Waals surface area contributed by atoms with Crippen LogP contribution in [0.15, 0.2) is 62.4 Å². The van der Waals surface area contributed by atoms with Crippen molar-refractivity contribution in [3.05, 3.63) is 81.4 Å². The van der Waals surface area contributed by atoms with Crippen molar-refractivity contribution in [2.75, 3.05) is 5.75 Å². The molecule has 4 aromatic rings. The minimum atomic E-state index is -1.09. The maximum Gasteiger partial charge on any atom is 0.339 e. The van der Waals surface area contributed by atoms with Gasteiger partial charge in [0, 0.05) is 40.3 Å². The zero-order valence-electron chi connectivity index (χ0n) is 18.9. The number of aryl methyl sites for hydroxylation is 2. The van der Waals surface area contributed by atoms with Crippen LogP contribution < -0.4 is 10.9 Å². The summed E-state index contributed by atoms with van der Waals surface area (Å²) >= 11 is 1.44. The summed E-state index contributed by atoms with van der Waals surface area (Å²) in [5.74, 6) is -0.614. The van der Waals surface area contributed by atoms with E-state index in [4.69, 9.17) is 8.83 Å². The summed E-state index contributed by atoms with van der Waals surface area (Å²) in [6.07, 6.45) is 1.79. The molecule has 0 saturated carbocycles. The number of hydrogen-bond acceptors (Lipinski definition) is 6. The van der Waals surface area contributed by atoms with Crippen LogP contribution in [0.25, 0.3) is 21.9 Å². The Morgan fingerprint density at radius 3 is 2.59 bits per heavy atom. The van der Waals surface area contributed by atoms with E-state index in [1.165, 1.54) is 11.8 Å². The summed E-state index contributed by atoms with van der Waals surface area (Å²) in [6.45, 7) is 3.77. The van der Waals surface area contributed by atoms with E-state index in [-0.39, 0.29) is 18.6 Å². The first-order valence-electron chi connectivity index (χ1n) is 10.9. The van der Waals surface area contributed by atoms with Crippen molar-refractivity contribution in [2.24, 2.45) is 0 Å². The van der Waals surface area contributed by atoms with Crippen LogP contribution in [-0.4, -0.2) is 28.8 Å². The van der Waals surface area contributed by atoms with Gasteiger partial charge in [0.05, 0.1) is 6.26 Å². The molecule has 2 N–H and O–H groups in total. The summed E-state index contributed by atoms with van der Waals surface area (Å²) in [6, 6.07) is 12.3. The molecule has 2 aromatic carbocycles. The van der Waals surface area contributed by atoms with Gasteiger partial charge in [-0.3, -0.25) is 4.79 Å². The molecule has 0 fully saturated rings. The Hall–Kier alpha value is -3.52. The Kier molecular flexibility index (Phi) is 7.07. The van der Waals surface area contributed by atoms with Gasteiger partial charge >= 0.3 is 11.6 Å². The Balaban J connectivity index is 1.42. The highest BCUT2D eigenvalue weighted by Crippen LogP contribution is 2.29. The molecule has 2 heterocycles. The van der Waals surface area contributed by atoms with Gasteiger partial charge < -0.3 is 19.3 Å². The van der Waals surface area contributed by atoms with Gasteiger partial charge in [-0.2, -0.15) is 11.8 Å². The van der Waals surface area contributed by atoms with Crippen LogP contribution in [0.2, 0.25) is 0 Å². The third kappa shape index (κ3) is 5.17. The van der Waals surface area contributed by atoms with Crippen LogP contribution in [0.5, 0.6) is 0 Å². The van der Waals surface area contributed by atoms with Crippen molar-refractivity contribution < 1.29 is 23.5 Å². The number of carboxylic acid groups (broad SMARTS) is 1. The highest BCUT2D eigenvalue weighted by atomic mass is 32.2. The molecule has 0 aliphatic carbocycles. The third-order valence-electron chi connectivity index (χ3n) is 5.81.